The highest BCUT2D eigenvalue weighted by molar-refractivity contribution is 5.35. The molecule has 2 aromatic rings. The number of aryl methyl sites for hydroxylation is 1. The van der Waals surface area contributed by atoms with Crippen molar-refractivity contribution in [3.8, 4) is 11.4 Å². The molecular weight excluding hydrogens is 202 g/mol. The third-order valence-electron chi connectivity index (χ3n) is 2.21. The lowest BCUT2D eigenvalue weighted by molar-refractivity contribution is 0.296. The highest BCUT2D eigenvalue weighted by atomic mass is 16.5. The number of benzene rings is 1. The first-order valence-corrected chi connectivity index (χ1v) is 5.19. The second-order valence-electron chi connectivity index (χ2n) is 3.60. The SMILES string of the molecule is CNCOc1cnn(-c2cccc(C)c2)c1. The lowest BCUT2D eigenvalue weighted by Crippen LogP contribution is -2.13. The normalized spacial score (nSPS) is 10.4. The maximum atomic E-state index is 5.39. The maximum Gasteiger partial charge on any atom is 0.159 e. The van der Waals surface area contributed by atoms with Crippen LogP contribution in [-0.4, -0.2) is 23.6 Å². The Balaban J connectivity index is 2.18. The molecule has 0 saturated heterocycles. The van der Waals surface area contributed by atoms with Crippen LogP contribution in [0.5, 0.6) is 5.75 Å². The fourth-order valence-electron chi connectivity index (χ4n) is 1.45. The van der Waals surface area contributed by atoms with Crippen LogP contribution in [0.25, 0.3) is 5.69 Å². The van der Waals surface area contributed by atoms with Crippen LogP contribution in [0.4, 0.5) is 0 Å². The van der Waals surface area contributed by atoms with Gasteiger partial charge in [0.05, 0.1) is 18.1 Å². The average Bonchev–Trinajstić information content (AvgIpc) is 2.75. The Kier molecular flexibility index (Phi) is 3.22. The first-order chi connectivity index (χ1) is 7.79. The van der Waals surface area contributed by atoms with E-state index in [1.165, 1.54) is 5.56 Å². The fourth-order valence-corrected chi connectivity index (χ4v) is 1.45. The number of nitrogens with zero attached hydrogens (tertiary/aromatic N) is 2. The molecule has 0 aliphatic heterocycles. The molecule has 1 aromatic heterocycles. The smallest absolute Gasteiger partial charge is 0.159 e. The molecule has 4 heteroatoms. The lowest BCUT2D eigenvalue weighted by Gasteiger charge is -2.02. The van der Waals surface area contributed by atoms with Crippen LogP contribution in [0.1, 0.15) is 5.56 Å². The highest BCUT2D eigenvalue weighted by Crippen LogP contribution is 2.14. The molecule has 0 aliphatic carbocycles. The first-order valence-electron chi connectivity index (χ1n) is 5.19. The molecule has 0 amide bonds. The minimum absolute atomic E-state index is 0.486. The zero-order valence-electron chi connectivity index (χ0n) is 9.47. The van der Waals surface area contributed by atoms with Crippen LogP contribution in [-0.2, 0) is 0 Å². The number of ether oxygens (including phenoxy) is 1. The summed E-state index contributed by atoms with van der Waals surface area (Å²) in [5, 5.41) is 7.16. The molecule has 0 atom stereocenters. The van der Waals surface area contributed by atoms with E-state index in [2.05, 4.69) is 29.5 Å². The Morgan fingerprint density at radius 3 is 3.06 bits per heavy atom. The summed E-state index contributed by atoms with van der Waals surface area (Å²) in [7, 11) is 1.84. The van der Waals surface area contributed by atoms with Crippen molar-refractivity contribution >= 4 is 0 Å². The predicted molar refractivity (Wildman–Crippen MR) is 62.9 cm³/mol. The molecule has 2 rings (SSSR count). The summed E-state index contributed by atoms with van der Waals surface area (Å²) in [6.45, 7) is 2.55. The first kappa shape index (κ1) is 10.7. The van der Waals surface area contributed by atoms with Crippen LogP contribution in [0, 0.1) is 6.92 Å². The van der Waals surface area contributed by atoms with Crippen LogP contribution < -0.4 is 10.1 Å². The molecule has 0 spiro atoms. The van der Waals surface area contributed by atoms with Crippen LogP contribution >= 0.6 is 0 Å². The largest absolute Gasteiger partial charge is 0.475 e. The van der Waals surface area contributed by atoms with Gasteiger partial charge in [-0.1, -0.05) is 12.1 Å². The molecule has 16 heavy (non-hydrogen) atoms. The Morgan fingerprint density at radius 1 is 1.44 bits per heavy atom. The Bertz CT molecular complexity index is 465. The monoisotopic (exact) mass is 217 g/mol. The number of rotatable bonds is 4. The van der Waals surface area contributed by atoms with Gasteiger partial charge in [0.1, 0.15) is 6.73 Å². The molecule has 4 nitrogen and oxygen atoms in total. The van der Waals surface area contributed by atoms with E-state index in [-0.39, 0.29) is 0 Å². The zero-order valence-corrected chi connectivity index (χ0v) is 9.47. The molecule has 0 unspecified atom stereocenters. The number of hydrogen-bond donors (Lipinski definition) is 1. The zero-order chi connectivity index (χ0) is 11.4. The Hall–Kier alpha value is -1.81. The quantitative estimate of drug-likeness (QED) is 0.793. The van der Waals surface area contributed by atoms with Gasteiger partial charge in [-0.3, -0.25) is 5.32 Å². The van der Waals surface area contributed by atoms with E-state index in [4.69, 9.17) is 4.74 Å². The minimum atomic E-state index is 0.486. The lowest BCUT2D eigenvalue weighted by atomic mass is 10.2. The van der Waals surface area contributed by atoms with Crippen molar-refractivity contribution in [2.24, 2.45) is 0 Å². The molecule has 0 radical (unpaired) electrons. The van der Waals surface area contributed by atoms with Crippen molar-refractivity contribution < 1.29 is 4.74 Å². The van der Waals surface area contributed by atoms with Gasteiger partial charge in [0.25, 0.3) is 0 Å². The summed E-state index contributed by atoms with van der Waals surface area (Å²) in [4.78, 5) is 0. The number of hydrogen-bond acceptors (Lipinski definition) is 3. The third-order valence-corrected chi connectivity index (χ3v) is 2.21. The summed E-state index contributed by atoms with van der Waals surface area (Å²) in [6, 6.07) is 8.17. The summed E-state index contributed by atoms with van der Waals surface area (Å²) in [6.07, 6.45) is 3.58. The molecule has 1 heterocycles. The molecule has 84 valence electrons. The predicted octanol–water partition coefficient (Wildman–Crippen LogP) is 1.74. The van der Waals surface area contributed by atoms with Gasteiger partial charge in [0.2, 0.25) is 0 Å². The Labute approximate surface area is 94.9 Å². The van der Waals surface area contributed by atoms with Crippen molar-refractivity contribution in [3.63, 3.8) is 0 Å². The van der Waals surface area contributed by atoms with E-state index in [9.17, 15) is 0 Å². The molecule has 0 bridgehead atoms. The molecule has 0 saturated carbocycles. The average molecular weight is 217 g/mol. The van der Waals surface area contributed by atoms with Gasteiger partial charge in [-0.2, -0.15) is 5.10 Å². The minimum Gasteiger partial charge on any atom is -0.475 e. The third kappa shape index (κ3) is 2.41. The van der Waals surface area contributed by atoms with Gasteiger partial charge >= 0.3 is 0 Å². The van der Waals surface area contributed by atoms with Gasteiger partial charge in [0, 0.05) is 0 Å². The van der Waals surface area contributed by atoms with E-state index in [1.54, 1.807) is 10.9 Å². The highest BCUT2D eigenvalue weighted by Gasteiger charge is 2.01. The number of aromatic nitrogens is 2. The van der Waals surface area contributed by atoms with Crippen LogP contribution in [0.15, 0.2) is 36.7 Å². The topological polar surface area (TPSA) is 39.1 Å². The molecule has 1 N–H and O–H groups in total. The fraction of sp³-hybridized carbons (Fsp3) is 0.250. The summed E-state index contributed by atoms with van der Waals surface area (Å²) >= 11 is 0. The van der Waals surface area contributed by atoms with Gasteiger partial charge < -0.3 is 4.74 Å². The van der Waals surface area contributed by atoms with E-state index in [0.29, 0.717) is 6.73 Å². The molecule has 1 aromatic carbocycles. The summed E-state index contributed by atoms with van der Waals surface area (Å²) < 4.78 is 7.20. The molecule has 0 aliphatic rings. The second kappa shape index (κ2) is 4.81. The van der Waals surface area contributed by atoms with E-state index in [1.807, 2.05) is 25.4 Å². The van der Waals surface area contributed by atoms with Gasteiger partial charge in [0.15, 0.2) is 5.75 Å². The van der Waals surface area contributed by atoms with E-state index in [0.717, 1.165) is 11.4 Å². The summed E-state index contributed by atoms with van der Waals surface area (Å²) in [5.74, 6) is 0.760. The Morgan fingerprint density at radius 2 is 2.31 bits per heavy atom. The molecular formula is C12H15N3O. The standard InChI is InChI=1S/C12H15N3O/c1-10-4-3-5-11(6-10)15-8-12(7-14-15)16-9-13-2/h3-8,13H,9H2,1-2H3. The molecule has 0 fully saturated rings. The summed E-state index contributed by atoms with van der Waals surface area (Å²) in [5.41, 5.74) is 2.25. The maximum absolute atomic E-state index is 5.39. The van der Waals surface area contributed by atoms with Crippen molar-refractivity contribution in [2.75, 3.05) is 13.8 Å². The van der Waals surface area contributed by atoms with Crippen molar-refractivity contribution in [2.45, 2.75) is 6.92 Å². The van der Waals surface area contributed by atoms with Gasteiger partial charge in [-0.05, 0) is 31.7 Å². The van der Waals surface area contributed by atoms with Crippen LogP contribution in [0.3, 0.4) is 0 Å². The van der Waals surface area contributed by atoms with Crippen molar-refractivity contribution in [1.29, 1.82) is 0 Å². The van der Waals surface area contributed by atoms with Gasteiger partial charge in [-0.25, -0.2) is 4.68 Å². The second-order valence-corrected chi connectivity index (χ2v) is 3.60. The van der Waals surface area contributed by atoms with E-state index < -0.39 is 0 Å². The van der Waals surface area contributed by atoms with Crippen LogP contribution in [0.2, 0.25) is 0 Å². The number of nitrogens with one attached hydrogen (secondary N) is 1. The van der Waals surface area contributed by atoms with Gasteiger partial charge in [-0.15, -0.1) is 0 Å². The van der Waals surface area contributed by atoms with E-state index >= 15 is 0 Å². The van der Waals surface area contributed by atoms with Crippen molar-refractivity contribution in [1.82, 2.24) is 15.1 Å². The van der Waals surface area contributed by atoms with Crippen molar-refractivity contribution in [3.05, 3.63) is 42.2 Å².